The van der Waals surface area contributed by atoms with E-state index in [1.165, 1.54) is 16.3 Å². The molecule has 0 bridgehead atoms. The number of rotatable bonds is 2. The molecule has 0 aliphatic carbocycles. The monoisotopic (exact) mass is 226 g/mol. The van der Waals surface area contributed by atoms with E-state index in [0.717, 1.165) is 5.65 Å². The van der Waals surface area contributed by atoms with Gasteiger partial charge in [0.15, 0.2) is 0 Å². The molecular formula is C14H14N2O. The van der Waals surface area contributed by atoms with Crippen molar-refractivity contribution in [3.8, 4) is 5.88 Å². The number of hydrogen-bond acceptors (Lipinski definition) is 2. The van der Waals surface area contributed by atoms with Crippen LogP contribution in [0.4, 0.5) is 0 Å². The minimum absolute atomic E-state index is 0.641. The third kappa shape index (κ3) is 1.46. The Morgan fingerprint density at radius 2 is 1.94 bits per heavy atom. The fraction of sp³-hybridized carbons (Fsp3) is 0.214. The summed E-state index contributed by atoms with van der Waals surface area (Å²) in [6.07, 6.45) is 0. The van der Waals surface area contributed by atoms with Crippen LogP contribution in [-0.2, 0) is 7.05 Å². The predicted octanol–water partition coefficient (Wildman–Crippen LogP) is 3.13. The third-order valence-electron chi connectivity index (χ3n) is 3.02. The van der Waals surface area contributed by atoms with E-state index in [-0.39, 0.29) is 0 Å². The number of para-hydroxylation sites is 1. The predicted molar refractivity (Wildman–Crippen MR) is 69.4 cm³/mol. The van der Waals surface area contributed by atoms with Gasteiger partial charge in [-0.05, 0) is 19.1 Å². The van der Waals surface area contributed by atoms with Gasteiger partial charge in [0, 0.05) is 23.9 Å². The van der Waals surface area contributed by atoms with Crippen molar-refractivity contribution in [2.75, 3.05) is 6.61 Å². The maximum atomic E-state index is 5.44. The van der Waals surface area contributed by atoms with Crippen molar-refractivity contribution >= 4 is 21.9 Å². The highest BCUT2D eigenvalue weighted by Gasteiger charge is 2.09. The van der Waals surface area contributed by atoms with Gasteiger partial charge in [-0.2, -0.15) is 4.98 Å². The molecule has 86 valence electrons. The van der Waals surface area contributed by atoms with Crippen molar-refractivity contribution in [1.82, 2.24) is 9.55 Å². The van der Waals surface area contributed by atoms with Crippen LogP contribution in [0.2, 0.25) is 0 Å². The number of benzene rings is 1. The molecule has 0 fully saturated rings. The summed E-state index contributed by atoms with van der Waals surface area (Å²) >= 11 is 0. The van der Waals surface area contributed by atoms with E-state index in [1.807, 2.05) is 26.1 Å². The molecule has 3 nitrogen and oxygen atoms in total. The minimum atomic E-state index is 0.641. The minimum Gasteiger partial charge on any atom is -0.478 e. The first-order valence-corrected chi connectivity index (χ1v) is 5.78. The summed E-state index contributed by atoms with van der Waals surface area (Å²) < 4.78 is 7.54. The lowest BCUT2D eigenvalue weighted by Gasteiger charge is -2.02. The van der Waals surface area contributed by atoms with Crippen molar-refractivity contribution in [1.29, 1.82) is 0 Å². The van der Waals surface area contributed by atoms with Gasteiger partial charge in [0.2, 0.25) is 5.88 Å². The zero-order chi connectivity index (χ0) is 11.8. The quantitative estimate of drug-likeness (QED) is 0.671. The Hall–Kier alpha value is -2.03. The lowest BCUT2D eigenvalue weighted by Crippen LogP contribution is -1.96. The second kappa shape index (κ2) is 3.77. The van der Waals surface area contributed by atoms with E-state index < -0.39 is 0 Å². The van der Waals surface area contributed by atoms with E-state index in [4.69, 9.17) is 4.74 Å². The second-order valence-corrected chi connectivity index (χ2v) is 4.03. The fourth-order valence-corrected chi connectivity index (χ4v) is 2.23. The summed E-state index contributed by atoms with van der Waals surface area (Å²) in [6, 6.07) is 12.3. The van der Waals surface area contributed by atoms with E-state index in [9.17, 15) is 0 Å². The van der Waals surface area contributed by atoms with E-state index in [1.54, 1.807) is 0 Å². The van der Waals surface area contributed by atoms with E-state index in [2.05, 4.69) is 33.8 Å². The van der Waals surface area contributed by atoms with Crippen LogP contribution < -0.4 is 4.74 Å². The molecular weight excluding hydrogens is 212 g/mol. The summed E-state index contributed by atoms with van der Waals surface area (Å²) in [5, 5.41) is 2.41. The topological polar surface area (TPSA) is 27.1 Å². The smallest absolute Gasteiger partial charge is 0.215 e. The Kier molecular flexibility index (Phi) is 2.25. The number of aryl methyl sites for hydroxylation is 1. The zero-order valence-corrected chi connectivity index (χ0v) is 9.97. The first-order chi connectivity index (χ1) is 8.31. The van der Waals surface area contributed by atoms with Crippen molar-refractivity contribution in [3.05, 3.63) is 36.4 Å². The molecule has 3 rings (SSSR count). The highest BCUT2D eigenvalue weighted by atomic mass is 16.5. The Labute approximate surface area is 99.6 Å². The Balaban J connectivity index is 2.36. The molecule has 0 saturated heterocycles. The number of aromatic nitrogens is 2. The molecule has 0 amide bonds. The van der Waals surface area contributed by atoms with Gasteiger partial charge in [0.1, 0.15) is 5.65 Å². The SMILES string of the molecule is CCOc1ccc2c3ccccc3n(C)c2n1. The summed E-state index contributed by atoms with van der Waals surface area (Å²) in [6.45, 7) is 2.61. The molecule has 0 saturated carbocycles. The molecule has 0 unspecified atom stereocenters. The van der Waals surface area contributed by atoms with Crippen molar-refractivity contribution in [2.45, 2.75) is 6.92 Å². The molecule has 1 aromatic carbocycles. The number of hydrogen-bond donors (Lipinski definition) is 0. The van der Waals surface area contributed by atoms with Crippen LogP contribution in [0.1, 0.15) is 6.92 Å². The van der Waals surface area contributed by atoms with Crippen LogP contribution in [0, 0.1) is 0 Å². The second-order valence-electron chi connectivity index (χ2n) is 4.03. The maximum Gasteiger partial charge on any atom is 0.215 e. The molecule has 0 atom stereocenters. The molecule has 0 radical (unpaired) electrons. The van der Waals surface area contributed by atoms with Gasteiger partial charge in [-0.1, -0.05) is 18.2 Å². The Bertz CT molecular complexity index is 685. The van der Waals surface area contributed by atoms with Gasteiger partial charge in [-0.25, -0.2) is 0 Å². The Morgan fingerprint density at radius 1 is 1.12 bits per heavy atom. The van der Waals surface area contributed by atoms with Crippen LogP contribution in [0.5, 0.6) is 5.88 Å². The average molecular weight is 226 g/mol. The lowest BCUT2D eigenvalue weighted by atomic mass is 10.2. The molecule has 0 aliphatic rings. The number of pyridine rings is 1. The molecule has 0 spiro atoms. The standard InChI is InChI=1S/C14H14N2O/c1-3-17-13-9-8-11-10-6-4-5-7-12(10)16(2)14(11)15-13/h4-9H,3H2,1-2H3. The summed E-state index contributed by atoms with van der Waals surface area (Å²) in [7, 11) is 2.04. The number of fused-ring (bicyclic) bond motifs is 3. The third-order valence-corrected chi connectivity index (χ3v) is 3.02. The van der Waals surface area contributed by atoms with Crippen LogP contribution in [0.15, 0.2) is 36.4 Å². The number of nitrogens with zero attached hydrogens (tertiary/aromatic N) is 2. The van der Waals surface area contributed by atoms with Crippen LogP contribution in [-0.4, -0.2) is 16.2 Å². The largest absolute Gasteiger partial charge is 0.478 e. The van der Waals surface area contributed by atoms with E-state index >= 15 is 0 Å². The summed E-state index contributed by atoms with van der Waals surface area (Å²) in [5.74, 6) is 0.686. The van der Waals surface area contributed by atoms with Crippen LogP contribution >= 0.6 is 0 Å². The zero-order valence-electron chi connectivity index (χ0n) is 9.97. The van der Waals surface area contributed by atoms with Crippen molar-refractivity contribution < 1.29 is 4.74 Å². The molecule has 3 aromatic rings. The molecule has 3 heteroatoms. The van der Waals surface area contributed by atoms with Gasteiger partial charge in [-0.15, -0.1) is 0 Å². The normalized spacial score (nSPS) is 11.2. The van der Waals surface area contributed by atoms with Crippen LogP contribution in [0.3, 0.4) is 0 Å². The fourth-order valence-electron chi connectivity index (χ4n) is 2.23. The molecule has 2 heterocycles. The molecule has 0 aliphatic heterocycles. The van der Waals surface area contributed by atoms with Gasteiger partial charge >= 0.3 is 0 Å². The lowest BCUT2D eigenvalue weighted by molar-refractivity contribution is 0.328. The highest BCUT2D eigenvalue weighted by molar-refractivity contribution is 6.06. The van der Waals surface area contributed by atoms with Gasteiger partial charge < -0.3 is 9.30 Å². The van der Waals surface area contributed by atoms with Gasteiger partial charge in [0.05, 0.1) is 12.1 Å². The van der Waals surface area contributed by atoms with Crippen molar-refractivity contribution in [3.63, 3.8) is 0 Å². The highest BCUT2D eigenvalue weighted by Crippen LogP contribution is 2.27. The first-order valence-electron chi connectivity index (χ1n) is 5.78. The van der Waals surface area contributed by atoms with Crippen molar-refractivity contribution in [2.24, 2.45) is 7.05 Å². The summed E-state index contributed by atoms with van der Waals surface area (Å²) in [5.41, 5.74) is 2.17. The maximum absolute atomic E-state index is 5.44. The summed E-state index contributed by atoms with van der Waals surface area (Å²) in [4.78, 5) is 4.54. The number of ether oxygens (including phenoxy) is 1. The average Bonchev–Trinajstić information content (AvgIpc) is 2.65. The first kappa shape index (κ1) is 10.1. The van der Waals surface area contributed by atoms with Crippen LogP contribution in [0.25, 0.3) is 21.9 Å². The van der Waals surface area contributed by atoms with Gasteiger partial charge in [-0.3, -0.25) is 0 Å². The molecule has 2 aromatic heterocycles. The van der Waals surface area contributed by atoms with E-state index in [0.29, 0.717) is 12.5 Å². The van der Waals surface area contributed by atoms with Gasteiger partial charge in [0.25, 0.3) is 0 Å². The Morgan fingerprint density at radius 3 is 2.76 bits per heavy atom. The molecule has 0 N–H and O–H groups in total. The molecule has 17 heavy (non-hydrogen) atoms.